The van der Waals surface area contributed by atoms with Gasteiger partial charge in [0.1, 0.15) is 11.5 Å². The summed E-state index contributed by atoms with van der Waals surface area (Å²) in [6.45, 7) is 0. The molecule has 3 nitrogen and oxygen atoms in total. The smallest absolute Gasteiger partial charge is 0.406 e. The molecule has 1 heterocycles. The molecule has 0 bridgehead atoms. The van der Waals surface area contributed by atoms with Gasteiger partial charge in [0.2, 0.25) is 0 Å². The number of halogens is 7. The molecular weight excluding hydrogens is 515 g/mol. The van der Waals surface area contributed by atoms with E-state index in [1.807, 2.05) is 22.6 Å². The Hall–Kier alpha value is -2.50. The molecule has 0 aliphatic heterocycles. The van der Waals surface area contributed by atoms with Gasteiger partial charge in [-0.15, -0.1) is 26.3 Å². The van der Waals surface area contributed by atoms with Crippen molar-refractivity contribution in [3.8, 4) is 34.0 Å². The summed E-state index contributed by atoms with van der Waals surface area (Å²) < 4.78 is 83.2. The van der Waals surface area contributed by atoms with E-state index in [1.54, 1.807) is 24.3 Å². The van der Waals surface area contributed by atoms with Gasteiger partial charge in [0, 0.05) is 14.7 Å². The first-order valence-corrected chi connectivity index (χ1v) is 8.96. The molecule has 0 spiro atoms. The average Bonchev–Trinajstić information content (AvgIpc) is 2.59. The van der Waals surface area contributed by atoms with Crippen molar-refractivity contribution in [3.63, 3.8) is 0 Å². The Morgan fingerprint density at radius 2 is 1.07 bits per heavy atom. The third kappa shape index (κ3) is 6.24. The van der Waals surface area contributed by atoms with Gasteiger partial charge in [-0.1, -0.05) is 24.3 Å². The zero-order valence-electron chi connectivity index (χ0n) is 14.2. The number of ether oxygens (including phenoxy) is 2. The Kier molecular flexibility index (Phi) is 5.92. The Morgan fingerprint density at radius 1 is 0.655 bits per heavy atom. The van der Waals surface area contributed by atoms with Crippen molar-refractivity contribution in [2.75, 3.05) is 0 Å². The van der Waals surface area contributed by atoms with E-state index in [4.69, 9.17) is 0 Å². The van der Waals surface area contributed by atoms with Crippen molar-refractivity contribution in [3.05, 3.63) is 64.2 Å². The van der Waals surface area contributed by atoms with Crippen LogP contribution >= 0.6 is 22.6 Å². The van der Waals surface area contributed by atoms with Crippen LogP contribution in [0.4, 0.5) is 26.3 Å². The van der Waals surface area contributed by atoms with Crippen molar-refractivity contribution in [1.29, 1.82) is 0 Å². The van der Waals surface area contributed by atoms with Crippen molar-refractivity contribution >= 4 is 22.6 Å². The summed E-state index contributed by atoms with van der Waals surface area (Å²) in [6.07, 6.45) is -9.66. The lowest BCUT2D eigenvalue weighted by atomic mass is 10.1. The van der Waals surface area contributed by atoms with Gasteiger partial charge in [-0.25, -0.2) is 4.98 Å². The lowest BCUT2D eigenvalue weighted by Gasteiger charge is -2.12. The van der Waals surface area contributed by atoms with E-state index >= 15 is 0 Å². The highest BCUT2D eigenvalue weighted by Gasteiger charge is 2.32. The number of alkyl halides is 6. The summed E-state index contributed by atoms with van der Waals surface area (Å²) >= 11 is 1.98. The lowest BCUT2D eigenvalue weighted by Crippen LogP contribution is -2.17. The van der Waals surface area contributed by atoms with E-state index in [1.165, 1.54) is 24.3 Å². The Labute approximate surface area is 174 Å². The maximum absolute atomic E-state index is 12.4. The van der Waals surface area contributed by atoms with E-state index in [0.717, 1.165) is 12.1 Å². The first-order chi connectivity index (χ1) is 13.5. The highest BCUT2D eigenvalue weighted by atomic mass is 127. The summed E-state index contributed by atoms with van der Waals surface area (Å²) in [7, 11) is 0. The van der Waals surface area contributed by atoms with E-state index < -0.39 is 24.2 Å². The molecule has 0 N–H and O–H groups in total. The standard InChI is InChI=1S/C19H10F6INO2/c20-18(21,22)28-14-5-1-3-11(7-14)16-9-13(26)10-17(27-16)12-4-2-6-15(8-12)29-19(23,24)25/h1-10H. The molecule has 0 saturated heterocycles. The highest BCUT2D eigenvalue weighted by molar-refractivity contribution is 14.1. The van der Waals surface area contributed by atoms with E-state index in [-0.39, 0.29) is 0 Å². The Morgan fingerprint density at radius 3 is 1.45 bits per heavy atom. The molecule has 10 heteroatoms. The summed E-state index contributed by atoms with van der Waals surface area (Å²) in [5.74, 6) is -0.810. The van der Waals surface area contributed by atoms with Crippen molar-refractivity contribution in [2.24, 2.45) is 0 Å². The molecule has 3 rings (SSSR count). The zero-order chi connectivity index (χ0) is 21.2. The minimum absolute atomic E-state index is 0.335. The minimum atomic E-state index is -4.83. The van der Waals surface area contributed by atoms with Crippen molar-refractivity contribution in [1.82, 2.24) is 4.98 Å². The summed E-state index contributed by atoms with van der Waals surface area (Å²) in [4.78, 5) is 4.37. The number of pyridine rings is 1. The number of rotatable bonds is 4. The third-order valence-corrected chi connectivity index (χ3v) is 4.14. The third-order valence-electron chi connectivity index (χ3n) is 3.52. The number of benzene rings is 2. The fraction of sp³-hybridized carbons (Fsp3) is 0.105. The van der Waals surface area contributed by atoms with Crippen molar-refractivity contribution in [2.45, 2.75) is 12.7 Å². The molecule has 0 amide bonds. The maximum Gasteiger partial charge on any atom is 0.573 e. The lowest BCUT2D eigenvalue weighted by molar-refractivity contribution is -0.275. The molecule has 2 aromatic carbocycles. The van der Waals surface area contributed by atoms with Crippen LogP contribution in [0.25, 0.3) is 22.5 Å². The minimum Gasteiger partial charge on any atom is -0.406 e. The van der Waals surface area contributed by atoms with Crippen LogP contribution in [-0.4, -0.2) is 17.7 Å². The van der Waals surface area contributed by atoms with Crippen LogP contribution in [0, 0.1) is 3.57 Å². The second-order valence-corrected chi connectivity index (χ2v) is 6.95. The van der Waals surface area contributed by atoms with Gasteiger partial charge in [0.25, 0.3) is 0 Å². The second kappa shape index (κ2) is 8.09. The molecule has 0 unspecified atom stereocenters. The number of nitrogens with zero attached hydrogens (tertiary/aromatic N) is 1. The van der Waals surface area contributed by atoms with E-state index in [9.17, 15) is 26.3 Å². The van der Waals surface area contributed by atoms with Crippen LogP contribution in [0.1, 0.15) is 0 Å². The predicted molar refractivity (Wildman–Crippen MR) is 101 cm³/mol. The summed E-state index contributed by atoms with van der Waals surface area (Å²) in [6, 6.07) is 13.8. The summed E-state index contributed by atoms with van der Waals surface area (Å²) in [5, 5.41) is 0. The fourth-order valence-corrected chi connectivity index (χ4v) is 3.09. The Balaban J connectivity index is 1.98. The van der Waals surface area contributed by atoms with Crippen LogP contribution in [0.3, 0.4) is 0 Å². The summed E-state index contributed by atoms with van der Waals surface area (Å²) in [5.41, 5.74) is 1.38. The molecule has 0 fully saturated rings. The molecular formula is C19H10F6INO2. The molecule has 1 aromatic heterocycles. The SMILES string of the molecule is FC(F)(F)Oc1cccc(-c2cc(I)cc(-c3cccc(OC(F)(F)F)c3)n2)c1. The average molecular weight is 525 g/mol. The molecule has 0 saturated carbocycles. The topological polar surface area (TPSA) is 31.4 Å². The second-order valence-electron chi connectivity index (χ2n) is 5.71. The monoisotopic (exact) mass is 525 g/mol. The normalized spacial score (nSPS) is 12.0. The van der Waals surface area contributed by atoms with Crippen molar-refractivity contribution < 1.29 is 35.8 Å². The van der Waals surface area contributed by atoms with E-state index in [2.05, 4.69) is 14.5 Å². The van der Waals surface area contributed by atoms with Gasteiger partial charge in [-0.05, 0) is 59.0 Å². The number of hydrogen-bond donors (Lipinski definition) is 0. The fourth-order valence-electron chi connectivity index (χ4n) is 2.50. The van der Waals surface area contributed by atoms with Crippen LogP contribution in [0.2, 0.25) is 0 Å². The molecule has 29 heavy (non-hydrogen) atoms. The zero-order valence-corrected chi connectivity index (χ0v) is 16.3. The number of hydrogen-bond acceptors (Lipinski definition) is 3. The Bertz CT molecular complexity index is 942. The van der Waals surface area contributed by atoms with Crippen LogP contribution in [0.5, 0.6) is 11.5 Å². The molecule has 0 aliphatic carbocycles. The van der Waals surface area contributed by atoms with Gasteiger partial charge < -0.3 is 9.47 Å². The quantitative estimate of drug-likeness (QED) is 0.277. The molecule has 0 radical (unpaired) electrons. The van der Waals surface area contributed by atoms with Gasteiger partial charge >= 0.3 is 12.7 Å². The largest absolute Gasteiger partial charge is 0.573 e. The van der Waals surface area contributed by atoms with Gasteiger partial charge in [0.15, 0.2) is 0 Å². The molecule has 152 valence electrons. The number of aromatic nitrogens is 1. The van der Waals surface area contributed by atoms with Gasteiger partial charge in [0.05, 0.1) is 11.4 Å². The van der Waals surface area contributed by atoms with Gasteiger partial charge in [-0.3, -0.25) is 0 Å². The van der Waals surface area contributed by atoms with Crippen LogP contribution < -0.4 is 9.47 Å². The molecule has 3 aromatic rings. The first-order valence-electron chi connectivity index (χ1n) is 7.88. The van der Waals surface area contributed by atoms with Crippen LogP contribution in [0.15, 0.2) is 60.7 Å². The molecule has 0 atom stereocenters. The highest BCUT2D eigenvalue weighted by Crippen LogP contribution is 2.31. The maximum atomic E-state index is 12.4. The van der Waals surface area contributed by atoms with E-state index in [0.29, 0.717) is 26.1 Å². The molecule has 0 aliphatic rings. The van der Waals surface area contributed by atoms with Gasteiger partial charge in [-0.2, -0.15) is 0 Å². The van der Waals surface area contributed by atoms with Crippen LogP contribution in [-0.2, 0) is 0 Å². The first kappa shape index (κ1) is 21.2. The predicted octanol–water partition coefficient (Wildman–Crippen LogP) is 6.82.